The fourth-order valence-corrected chi connectivity index (χ4v) is 7.87. The average Bonchev–Trinajstić information content (AvgIpc) is 3.46. The lowest BCUT2D eigenvalue weighted by Gasteiger charge is -2.29. The number of likely N-dealkylation sites (tertiary alicyclic amines) is 1. The van der Waals surface area contributed by atoms with E-state index in [1.54, 1.807) is 17.9 Å². The normalized spacial score (nSPS) is 16.0. The van der Waals surface area contributed by atoms with E-state index in [0.29, 0.717) is 38.8 Å². The molecule has 1 aliphatic heterocycles. The Kier molecular flexibility index (Phi) is 16.2. The third-order valence-electron chi connectivity index (χ3n) is 8.74. The SMILES string of the molecule is CCOC(=O)CCCCCCN1C(=O)CC[C@@H]1/C=C/C(OC(=O)Cc1ccc(C(=O)NCCC(O)(P(=O)(O)O)P(=O)(O)O)cc1)C(F)(F)c1ccccc1. The maximum absolute atomic E-state index is 15.9. The van der Waals surface area contributed by atoms with E-state index >= 15 is 8.78 Å². The molecule has 3 rings (SSSR count). The molecule has 1 heterocycles. The third-order valence-corrected chi connectivity index (χ3v) is 12.6. The summed E-state index contributed by atoms with van der Waals surface area (Å²) in [6.45, 7) is 1.72. The second kappa shape index (κ2) is 19.7. The van der Waals surface area contributed by atoms with Gasteiger partial charge in [-0.1, -0.05) is 61.4 Å². The highest BCUT2D eigenvalue weighted by molar-refractivity contribution is 7.72. The van der Waals surface area contributed by atoms with Gasteiger partial charge in [0.1, 0.15) is 0 Å². The number of aliphatic hydroxyl groups is 1. The number of nitrogens with one attached hydrogen (secondary N) is 1. The molecule has 298 valence electrons. The number of alkyl halides is 2. The molecular formula is C35H46F2N2O13P2. The molecule has 2 atom stereocenters. The van der Waals surface area contributed by atoms with Crippen LogP contribution in [0.15, 0.2) is 66.7 Å². The molecule has 0 aliphatic carbocycles. The van der Waals surface area contributed by atoms with Crippen LogP contribution in [0.4, 0.5) is 8.78 Å². The van der Waals surface area contributed by atoms with Crippen molar-refractivity contribution in [3.05, 3.63) is 83.4 Å². The molecule has 2 aromatic carbocycles. The summed E-state index contributed by atoms with van der Waals surface area (Å²) in [5.74, 6) is -5.91. The maximum atomic E-state index is 15.9. The summed E-state index contributed by atoms with van der Waals surface area (Å²) in [4.78, 5) is 88.3. The topological polar surface area (TPSA) is 237 Å². The average molecular weight is 803 g/mol. The largest absolute Gasteiger partial charge is 0.466 e. The molecule has 0 bridgehead atoms. The van der Waals surface area contributed by atoms with Crippen LogP contribution < -0.4 is 5.32 Å². The number of amides is 2. The molecule has 0 radical (unpaired) electrons. The van der Waals surface area contributed by atoms with E-state index < -0.39 is 75.2 Å². The first-order valence-corrected chi connectivity index (χ1v) is 20.5. The minimum atomic E-state index is -5.71. The number of nitrogens with zero attached hydrogens (tertiary/aromatic N) is 1. The molecule has 2 aromatic rings. The first kappa shape index (κ1) is 44.6. The van der Waals surface area contributed by atoms with Crippen molar-refractivity contribution in [2.45, 2.75) is 87.9 Å². The van der Waals surface area contributed by atoms with Gasteiger partial charge in [0.25, 0.3) is 11.0 Å². The van der Waals surface area contributed by atoms with Crippen molar-refractivity contribution in [1.29, 1.82) is 0 Å². The summed E-state index contributed by atoms with van der Waals surface area (Å²) in [5.41, 5.74) is -0.161. The Balaban J connectivity index is 1.65. The quantitative estimate of drug-likeness (QED) is 0.0452. The number of benzene rings is 2. The molecule has 1 unspecified atom stereocenters. The van der Waals surface area contributed by atoms with E-state index in [2.05, 4.69) is 5.32 Å². The standard InChI is InChI=1S/C35H46F2N2O13P2/c1-2-51-31(41)12-8-3-4-9-23-39-28(18-20-30(39)40)17-19-29(35(36,37)27-10-6-5-7-11-27)52-32(42)24-25-13-15-26(16-14-25)33(43)38-22-21-34(44,53(45,46)47)54(48,49)50/h5-7,10-11,13-17,19,28-29,44H,2-4,8-9,12,18,20-24H2,1H3,(H,38,43)(H2,45,46,47)(H2,48,49,50)/b19-17+/t28-,29?/m0/s1. The number of rotatable bonds is 21. The Morgan fingerprint density at radius 3 is 2.20 bits per heavy atom. The minimum absolute atomic E-state index is 0.0354. The van der Waals surface area contributed by atoms with E-state index in [-0.39, 0.29) is 29.4 Å². The number of carbonyl (C=O) groups excluding carboxylic acids is 4. The molecule has 1 saturated heterocycles. The zero-order valence-electron chi connectivity index (χ0n) is 29.6. The summed E-state index contributed by atoms with van der Waals surface area (Å²) >= 11 is 0. The van der Waals surface area contributed by atoms with Gasteiger partial charge in [0.15, 0.2) is 6.10 Å². The van der Waals surface area contributed by atoms with Crippen molar-refractivity contribution in [3.8, 4) is 0 Å². The summed E-state index contributed by atoms with van der Waals surface area (Å²) < 4.78 is 65.0. The Morgan fingerprint density at radius 1 is 0.963 bits per heavy atom. The van der Waals surface area contributed by atoms with Gasteiger partial charge in [-0.25, -0.2) is 0 Å². The molecule has 0 aromatic heterocycles. The zero-order chi connectivity index (χ0) is 40.2. The molecular weight excluding hydrogens is 756 g/mol. The van der Waals surface area contributed by atoms with Gasteiger partial charge < -0.3 is 44.4 Å². The molecule has 15 nitrogen and oxygen atoms in total. The molecule has 54 heavy (non-hydrogen) atoms. The Hall–Kier alpha value is -3.82. The summed E-state index contributed by atoms with van der Waals surface area (Å²) in [6, 6.07) is 11.5. The fourth-order valence-electron chi connectivity index (χ4n) is 5.70. The number of hydrogen-bond donors (Lipinski definition) is 6. The van der Waals surface area contributed by atoms with Crippen molar-refractivity contribution in [1.82, 2.24) is 10.2 Å². The summed E-state index contributed by atoms with van der Waals surface area (Å²) in [6.07, 6.45) is 2.59. The minimum Gasteiger partial charge on any atom is -0.466 e. The van der Waals surface area contributed by atoms with Gasteiger partial charge in [0.2, 0.25) is 5.91 Å². The van der Waals surface area contributed by atoms with E-state index in [4.69, 9.17) is 9.47 Å². The van der Waals surface area contributed by atoms with Crippen LogP contribution in [0.1, 0.15) is 79.8 Å². The van der Waals surface area contributed by atoms with Crippen LogP contribution in [-0.2, 0) is 45.3 Å². The summed E-state index contributed by atoms with van der Waals surface area (Å²) in [5, 5.41) is 8.43. The first-order chi connectivity index (χ1) is 25.3. The highest BCUT2D eigenvalue weighted by Gasteiger charge is 2.58. The van der Waals surface area contributed by atoms with Crippen molar-refractivity contribution < 1.29 is 71.2 Å². The van der Waals surface area contributed by atoms with Crippen LogP contribution in [0.5, 0.6) is 0 Å². The Morgan fingerprint density at radius 2 is 1.59 bits per heavy atom. The number of carbonyl (C=O) groups is 4. The highest BCUT2D eigenvalue weighted by Crippen LogP contribution is 2.68. The lowest BCUT2D eigenvalue weighted by atomic mass is 10.0. The lowest BCUT2D eigenvalue weighted by Crippen LogP contribution is -2.36. The van der Waals surface area contributed by atoms with Gasteiger partial charge in [-0.05, 0) is 50.0 Å². The van der Waals surface area contributed by atoms with E-state index in [9.17, 15) is 53.0 Å². The Labute approximate surface area is 311 Å². The van der Waals surface area contributed by atoms with E-state index in [1.165, 1.54) is 54.6 Å². The number of halogens is 2. The Bertz CT molecular complexity index is 1690. The van der Waals surface area contributed by atoms with Gasteiger partial charge in [-0.15, -0.1) is 0 Å². The lowest BCUT2D eigenvalue weighted by molar-refractivity contribution is -0.167. The molecule has 19 heteroatoms. The molecule has 0 saturated carbocycles. The number of unbranched alkanes of at least 4 members (excludes halogenated alkanes) is 3. The van der Waals surface area contributed by atoms with Gasteiger partial charge in [-0.2, -0.15) is 8.78 Å². The van der Waals surface area contributed by atoms with Gasteiger partial charge in [0.05, 0.1) is 19.1 Å². The van der Waals surface area contributed by atoms with Gasteiger partial charge >= 0.3 is 33.1 Å². The molecule has 1 aliphatic rings. The molecule has 6 N–H and O–H groups in total. The smallest absolute Gasteiger partial charge is 0.369 e. The van der Waals surface area contributed by atoms with Crippen LogP contribution >= 0.6 is 15.2 Å². The van der Waals surface area contributed by atoms with Crippen molar-refractivity contribution >= 4 is 38.9 Å². The van der Waals surface area contributed by atoms with Crippen LogP contribution in [0, 0.1) is 0 Å². The fraction of sp³-hybridized carbons (Fsp3) is 0.486. The molecule has 0 spiro atoms. The van der Waals surface area contributed by atoms with Gasteiger partial charge in [0, 0.05) is 43.5 Å². The van der Waals surface area contributed by atoms with Crippen molar-refractivity contribution in [3.63, 3.8) is 0 Å². The zero-order valence-corrected chi connectivity index (χ0v) is 31.4. The number of ether oxygens (including phenoxy) is 2. The van der Waals surface area contributed by atoms with E-state index in [1.807, 2.05) is 0 Å². The van der Waals surface area contributed by atoms with Crippen molar-refractivity contribution in [2.24, 2.45) is 0 Å². The highest BCUT2D eigenvalue weighted by atomic mass is 31.2. The van der Waals surface area contributed by atoms with Gasteiger partial charge in [-0.3, -0.25) is 28.3 Å². The monoisotopic (exact) mass is 802 g/mol. The predicted molar refractivity (Wildman–Crippen MR) is 190 cm³/mol. The first-order valence-electron chi connectivity index (χ1n) is 17.3. The van der Waals surface area contributed by atoms with E-state index in [0.717, 1.165) is 18.9 Å². The molecule has 1 fully saturated rings. The second-order valence-corrected chi connectivity index (χ2v) is 16.7. The van der Waals surface area contributed by atoms with Crippen LogP contribution in [0.2, 0.25) is 0 Å². The summed E-state index contributed by atoms with van der Waals surface area (Å²) in [7, 11) is -11.4. The molecule has 2 amide bonds. The predicted octanol–water partition coefficient (Wildman–Crippen LogP) is 4.12. The number of esters is 2. The van der Waals surface area contributed by atoms with Crippen LogP contribution in [0.25, 0.3) is 0 Å². The third kappa shape index (κ3) is 12.4. The maximum Gasteiger partial charge on any atom is 0.369 e. The van der Waals surface area contributed by atoms with Crippen LogP contribution in [-0.4, -0.2) is 90.3 Å². The van der Waals surface area contributed by atoms with Crippen molar-refractivity contribution in [2.75, 3.05) is 19.7 Å². The van der Waals surface area contributed by atoms with Crippen LogP contribution in [0.3, 0.4) is 0 Å². The number of hydrogen-bond acceptors (Lipinski definition) is 9. The second-order valence-electron chi connectivity index (χ2n) is 12.7.